The highest BCUT2D eigenvalue weighted by atomic mass is 79.9. The third kappa shape index (κ3) is 3.09. The highest BCUT2D eigenvalue weighted by Gasteiger charge is 1.90. The molecular formula is C8H5Br2MgO. The Morgan fingerprint density at radius 2 is 1.92 bits per heavy atom. The van der Waals surface area contributed by atoms with Crippen molar-refractivity contribution in [1.29, 1.82) is 0 Å². The molecule has 0 aliphatic carbocycles. The molecule has 59 valence electrons. The summed E-state index contributed by atoms with van der Waals surface area (Å²) in [5.74, 6) is 0. The second-order valence-corrected chi connectivity index (χ2v) is 10.1. The predicted molar refractivity (Wildman–Crippen MR) is 58.7 cm³/mol. The summed E-state index contributed by atoms with van der Waals surface area (Å²) in [6.07, 6.45) is 1.57. The van der Waals surface area contributed by atoms with Gasteiger partial charge in [0.15, 0.2) is 0 Å². The lowest BCUT2D eigenvalue weighted by atomic mass is 10.3. The summed E-state index contributed by atoms with van der Waals surface area (Å²) in [5.41, 5.74) is 0.900. The summed E-state index contributed by atoms with van der Waals surface area (Å²) in [6, 6.07) is 10.8. The first kappa shape index (κ1) is 10.6. The quantitative estimate of drug-likeness (QED) is 0.678. The lowest BCUT2D eigenvalue weighted by molar-refractivity contribution is 0.615. The maximum atomic E-state index is 5.06. The lowest BCUT2D eigenvalue weighted by Gasteiger charge is -1.81. The van der Waals surface area contributed by atoms with Crippen molar-refractivity contribution in [2.45, 2.75) is 0 Å². The molecular weight excluding hydrogens is 296 g/mol. The normalized spacial score (nSPS) is 8.50. The van der Waals surface area contributed by atoms with Crippen LogP contribution in [0.5, 0.6) is 0 Å². The lowest BCUT2D eigenvalue weighted by Crippen LogP contribution is -1.58. The number of hydrogen-bond acceptors (Lipinski definition) is 1. The van der Waals surface area contributed by atoms with Crippen LogP contribution in [0.15, 0.2) is 34.9 Å². The standard InChI is InChI=1S/C8H5O.2BrH.Mg/c1-2-4-8-7(3-1)5-6-9-8;;;/h1-4,6H;2*1H;/q;;;+2/p-2. The molecule has 0 saturated carbocycles. The van der Waals surface area contributed by atoms with Crippen LogP contribution in [0.3, 0.4) is 0 Å². The zero-order valence-electron chi connectivity index (χ0n) is 6.26. The molecule has 1 aromatic carbocycles. The maximum Gasteiger partial charge on any atom is 0.560 e. The molecule has 0 amide bonds. The average Bonchev–Trinajstić information content (AvgIpc) is 2.52. The van der Waals surface area contributed by atoms with Crippen molar-refractivity contribution in [2.75, 3.05) is 0 Å². The van der Waals surface area contributed by atoms with Crippen LogP contribution in [0.4, 0.5) is 0 Å². The van der Waals surface area contributed by atoms with E-state index in [9.17, 15) is 0 Å². The molecule has 1 aromatic heterocycles. The first-order valence-electron chi connectivity index (χ1n) is 3.34. The SMILES string of the molecule is [Br][Mg][Br].[c]1coc2ccccc12. The highest BCUT2D eigenvalue weighted by Crippen LogP contribution is 2.12. The van der Waals surface area contributed by atoms with E-state index < -0.39 is 0 Å². The van der Waals surface area contributed by atoms with Crippen LogP contribution in [-0.4, -0.2) is 16.0 Å². The number of furan rings is 1. The fourth-order valence-corrected chi connectivity index (χ4v) is 0.845. The Kier molecular flexibility index (Phi) is 5.30. The van der Waals surface area contributed by atoms with Crippen LogP contribution >= 0.6 is 25.8 Å². The van der Waals surface area contributed by atoms with Gasteiger partial charge in [0.2, 0.25) is 0 Å². The predicted octanol–water partition coefficient (Wildman–Crippen LogP) is 3.54. The van der Waals surface area contributed by atoms with Gasteiger partial charge in [0.05, 0.1) is 6.26 Å². The van der Waals surface area contributed by atoms with Gasteiger partial charge < -0.3 is 4.42 Å². The minimum absolute atomic E-state index is 0.0417. The van der Waals surface area contributed by atoms with Crippen molar-refractivity contribution in [3.63, 3.8) is 0 Å². The van der Waals surface area contributed by atoms with Crippen LogP contribution < -0.4 is 0 Å². The Bertz CT molecular complexity index is 304. The third-order valence-electron chi connectivity index (χ3n) is 1.29. The van der Waals surface area contributed by atoms with E-state index in [1.165, 1.54) is 0 Å². The van der Waals surface area contributed by atoms with Gasteiger partial charge in [0.25, 0.3) is 0 Å². The molecule has 12 heavy (non-hydrogen) atoms. The monoisotopic (exact) mass is 299 g/mol. The Morgan fingerprint density at radius 3 is 2.58 bits per heavy atom. The van der Waals surface area contributed by atoms with E-state index in [1.54, 1.807) is 6.26 Å². The molecule has 0 fully saturated rings. The molecule has 1 heterocycles. The van der Waals surface area contributed by atoms with E-state index in [0.29, 0.717) is 0 Å². The van der Waals surface area contributed by atoms with Crippen molar-refractivity contribution in [3.05, 3.63) is 36.6 Å². The molecule has 4 heteroatoms. The van der Waals surface area contributed by atoms with E-state index in [0.717, 1.165) is 11.0 Å². The highest BCUT2D eigenvalue weighted by molar-refractivity contribution is 9.47. The summed E-state index contributed by atoms with van der Waals surface area (Å²) >= 11 is 6.44. The molecule has 2 aromatic rings. The van der Waals surface area contributed by atoms with Crippen molar-refractivity contribution < 1.29 is 4.42 Å². The van der Waals surface area contributed by atoms with Crippen LogP contribution in [0, 0.1) is 6.07 Å². The Labute approximate surface area is 93.0 Å². The molecule has 0 unspecified atom stereocenters. The number of benzene rings is 1. The first-order chi connectivity index (χ1) is 5.88. The van der Waals surface area contributed by atoms with E-state index >= 15 is 0 Å². The third-order valence-corrected chi connectivity index (χ3v) is 1.29. The van der Waals surface area contributed by atoms with Crippen molar-refractivity contribution in [1.82, 2.24) is 0 Å². The van der Waals surface area contributed by atoms with Crippen molar-refractivity contribution in [3.8, 4) is 0 Å². The number of hydrogen-bond donors (Lipinski definition) is 0. The molecule has 0 atom stereocenters. The van der Waals surface area contributed by atoms with Gasteiger partial charge in [-0.3, -0.25) is 25.8 Å². The topological polar surface area (TPSA) is 13.1 Å². The van der Waals surface area contributed by atoms with Crippen LogP contribution in [-0.2, 0) is 0 Å². The molecule has 0 aliphatic rings. The molecule has 1 nitrogen and oxygen atoms in total. The number of rotatable bonds is 0. The van der Waals surface area contributed by atoms with Crippen molar-refractivity contribution >= 4 is 52.8 Å². The van der Waals surface area contributed by atoms with Gasteiger partial charge >= 0.3 is 16.0 Å². The summed E-state index contributed by atoms with van der Waals surface area (Å²) < 4.78 is 5.06. The Morgan fingerprint density at radius 1 is 1.25 bits per heavy atom. The summed E-state index contributed by atoms with van der Waals surface area (Å²) in [5, 5.41) is 1.04. The summed E-state index contributed by atoms with van der Waals surface area (Å²) in [7, 11) is 0. The van der Waals surface area contributed by atoms with Crippen molar-refractivity contribution in [2.24, 2.45) is 0 Å². The second-order valence-electron chi connectivity index (χ2n) is 1.98. The fourth-order valence-electron chi connectivity index (χ4n) is 0.845. The Balaban J connectivity index is 0.000000213. The molecule has 1 radical (unpaired) electrons. The van der Waals surface area contributed by atoms with Crippen LogP contribution in [0.25, 0.3) is 11.0 Å². The summed E-state index contributed by atoms with van der Waals surface area (Å²) in [6.45, 7) is 0. The molecule has 0 bridgehead atoms. The van der Waals surface area contributed by atoms with Gasteiger partial charge in [-0.15, -0.1) is 0 Å². The zero-order valence-corrected chi connectivity index (χ0v) is 10.8. The van der Waals surface area contributed by atoms with Gasteiger partial charge in [-0.25, -0.2) is 0 Å². The average molecular weight is 301 g/mol. The minimum atomic E-state index is 0.0417. The van der Waals surface area contributed by atoms with Gasteiger partial charge in [-0.1, -0.05) is 18.2 Å². The number of halogens is 2. The van der Waals surface area contributed by atoms with E-state index in [-0.39, 0.29) is 16.0 Å². The molecule has 0 saturated heterocycles. The molecule has 0 spiro atoms. The molecule has 0 aliphatic heterocycles. The van der Waals surface area contributed by atoms with E-state index in [2.05, 4.69) is 31.8 Å². The van der Waals surface area contributed by atoms with Gasteiger partial charge in [-0.05, 0) is 6.07 Å². The van der Waals surface area contributed by atoms with E-state index in [1.807, 2.05) is 24.3 Å². The maximum absolute atomic E-state index is 5.06. The zero-order chi connectivity index (χ0) is 8.81. The van der Waals surface area contributed by atoms with Gasteiger partial charge in [0, 0.05) is 11.5 Å². The van der Waals surface area contributed by atoms with E-state index in [4.69, 9.17) is 4.42 Å². The van der Waals surface area contributed by atoms with Crippen LogP contribution in [0.2, 0.25) is 0 Å². The van der Waals surface area contributed by atoms with Gasteiger partial charge in [-0.2, -0.15) is 0 Å². The second kappa shape index (κ2) is 6.02. The van der Waals surface area contributed by atoms with Crippen LogP contribution in [0.1, 0.15) is 0 Å². The smallest absolute Gasteiger partial charge is 0.464 e. The summed E-state index contributed by atoms with van der Waals surface area (Å²) in [4.78, 5) is 0. The first-order valence-corrected chi connectivity index (χ1v) is 11.1. The fraction of sp³-hybridized carbons (Fsp3) is 0. The number of fused-ring (bicyclic) bond motifs is 1. The largest absolute Gasteiger partial charge is 0.560 e. The number of para-hydroxylation sites is 1. The molecule has 2 rings (SSSR count). The van der Waals surface area contributed by atoms with Gasteiger partial charge in [0.1, 0.15) is 5.58 Å². The molecule has 0 N–H and O–H groups in total. The minimum Gasteiger partial charge on any atom is -0.464 e. The Hall–Kier alpha value is 0.486.